The molecule has 0 saturated carbocycles. The topological polar surface area (TPSA) is 12.9 Å². The molecule has 1 aromatic rings. The highest BCUT2D eigenvalue weighted by Crippen LogP contribution is 2.32. The molecular weight excluding hydrogens is 185 g/mol. The lowest BCUT2D eigenvalue weighted by atomic mass is 10.4. The van der Waals surface area contributed by atoms with E-state index in [1.165, 1.54) is 12.3 Å². The lowest BCUT2D eigenvalue weighted by molar-refractivity contribution is 0.621. The summed E-state index contributed by atoms with van der Waals surface area (Å²) in [6, 6.07) is 2.96. The summed E-state index contributed by atoms with van der Waals surface area (Å²) in [4.78, 5) is 3.85. The summed E-state index contributed by atoms with van der Waals surface area (Å²) in [6.07, 6.45) is 7.48. The third-order valence-electron chi connectivity index (χ3n) is 1.21. The highest BCUT2D eigenvalue weighted by molar-refractivity contribution is 8.35. The van der Waals surface area contributed by atoms with Gasteiger partial charge in [0.05, 0.1) is 6.20 Å². The average Bonchev–Trinajstić information content (AvgIpc) is 2.02. The quantitative estimate of drug-likeness (QED) is 0.581. The van der Waals surface area contributed by atoms with Crippen molar-refractivity contribution in [3.63, 3.8) is 0 Å². The zero-order valence-corrected chi connectivity index (χ0v) is 8.78. The van der Waals surface area contributed by atoms with E-state index < -0.39 is 10.0 Å². The van der Waals surface area contributed by atoms with E-state index in [1.807, 2.05) is 0 Å². The lowest BCUT2D eigenvalue weighted by Crippen LogP contribution is -1.87. The fourth-order valence-electron chi connectivity index (χ4n) is 0.655. The molecule has 1 rings (SSSR count). The third-order valence-corrected chi connectivity index (χ3v) is 1.93. The fraction of sp³-hybridized carbons (Fsp3) is 0.300. The van der Waals surface area contributed by atoms with Crippen LogP contribution in [0.15, 0.2) is 18.3 Å². The average molecular weight is 197 g/mol. The number of halogens is 1. The first kappa shape index (κ1) is 10.1. The number of pyridine rings is 1. The van der Waals surface area contributed by atoms with Crippen LogP contribution in [0.4, 0.5) is 4.39 Å². The lowest BCUT2D eigenvalue weighted by Gasteiger charge is -2.14. The van der Waals surface area contributed by atoms with Gasteiger partial charge in [-0.1, -0.05) is 0 Å². The van der Waals surface area contributed by atoms with Gasteiger partial charge in [0, 0.05) is 0 Å². The molecule has 0 aliphatic heterocycles. The van der Waals surface area contributed by atoms with Crippen molar-refractivity contribution in [2.75, 3.05) is 18.8 Å². The van der Waals surface area contributed by atoms with Crippen LogP contribution >= 0.6 is 10.0 Å². The van der Waals surface area contributed by atoms with E-state index in [9.17, 15) is 4.39 Å². The van der Waals surface area contributed by atoms with E-state index in [0.29, 0.717) is 5.69 Å². The Morgan fingerprint density at radius 3 is 2.46 bits per heavy atom. The number of hydrogen-bond donors (Lipinski definition) is 0. The van der Waals surface area contributed by atoms with Crippen molar-refractivity contribution >= 4 is 10.0 Å². The number of rotatable bonds is 0. The van der Waals surface area contributed by atoms with Crippen molar-refractivity contribution < 1.29 is 4.39 Å². The monoisotopic (exact) mass is 197 g/mol. The molecular formula is C10H12FNS. The Bertz CT molecular complexity index is 340. The second-order valence-corrected chi connectivity index (χ2v) is 7.30. The van der Waals surface area contributed by atoms with E-state index in [1.54, 1.807) is 6.07 Å². The van der Waals surface area contributed by atoms with Crippen molar-refractivity contribution in [1.82, 2.24) is 4.98 Å². The first-order chi connectivity index (χ1) is 5.97. The molecule has 0 aliphatic rings. The summed E-state index contributed by atoms with van der Waals surface area (Å²) >= 11 is 0. The van der Waals surface area contributed by atoms with Crippen LogP contribution in [-0.2, 0) is 0 Å². The highest BCUT2D eigenvalue weighted by Gasteiger charge is 1.96. The maximum absolute atomic E-state index is 12.5. The molecule has 0 bridgehead atoms. The SMILES string of the molecule is CS(C)(C)C#Cc1ccc(F)cn1. The summed E-state index contributed by atoms with van der Waals surface area (Å²) < 4.78 is 12.5. The summed E-state index contributed by atoms with van der Waals surface area (Å²) in [5.41, 5.74) is 0.629. The second-order valence-electron chi connectivity index (χ2n) is 3.43. The third kappa shape index (κ3) is 3.95. The van der Waals surface area contributed by atoms with Gasteiger partial charge in [-0.2, -0.15) is 10.0 Å². The minimum absolute atomic E-state index is 0.325. The highest BCUT2D eigenvalue weighted by atomic mass is 32.3. The van der Waals surface area contributed by atoms with E-state index in [0.717, 1.165) is 0 Å². The van der Waals surface area contributed by atoms with Crippen molar-refractivity contribution in [1.29, 1.82) is 0 Å². The van der Waals surface area contributed by atoms with Crippen LogP contribution in [0.2, 0.25) is 0 Å². The molecule has 1 heterocycles. The molecule has 0 fully saturated rings. The predicted octanol–water partition coefficient (Wildman–Crippen LogP) is 2.22. The van der Waals surface area contributed by atoms with Gasteiger partial charge < -0.3 is 0 Å². The smallest absolute Gasteiger partial charge is 0.141 e. The summed E-state index contributed by atoms with van der Waals surface area (Å²) in [6.45, 7) is 0. The Morgan fingerprint density at radius 2 is 2.00 bits per heavy atom. The van der Waals surface area contributed by atoms with Crippen molar-refractivity contribution in [2.24, 2.45) is 0 Å². The Labute approximate surface area is 79.7 Å². The minimum Gasteiger partial charge on any atom is -0.245 e. The van der Waals surface area contributed by atoms with E-state index in [2.05, 4.69) is 34.9 Å². The van der Waals surface area contributed by atoms with Crippen LogP contribution in [0, 0.1) is 17.0 Å². The molecule has 0 saturated heterocycles. The van der Waals surface area contributed by atoms with Crippen LogP contribution in [0.1, 0.15) is 5.69 Å². The molecule has 0 spiro atoms. The molecule has 1 nitrogen and oxygen atoms in total. The molecule has 0 aliphatic carbocycles. The Kier molecular flexibility index (Phi) is 2.94. The number of aromatic nitrogens is 1. The molecule has 0 atom stereocenters. The number of nitrogens with zero attached hydrogens (tertiary/aromatic N) is 1. The molecule has 0 aromatic carbocycles. The van der Waals surface area contributed by atoms with Gasteiger partial charge in [-0.05, 0) is 42.1 Å². The Hall–Kier alpha value is -1.01. The van der Waals surface area contributed by atoms with Gasteiger partial charge in [0.1, 0.15) is 11.5 Å². The van der Waals surface area contributed by atoms with E-state index in [4.69, 9.17) is 0 Å². The summed E-state index contributed by atoms with van der Waals surface area (Å²) in [7, 11) is -0.827. The molecule has 70 valence electrons. The minimum atomic E-state index is -0.827. The zero-order chi connectivity index (χ0) is 9.90. The van der Waals surface area contributed by atoms with Gasteiger partial charge in [0.2, 0.25) is 0 Å². The van der Waals surface area contributed by atoms with Crippen LogP contribution in [-0.4, -0.2) is 23.8 Å². The second kappa shape index (κ2) is 3.80. The van der Waals surface area contributed by atoms with Crippen LogP contribution < -0.4 is 0 Å². The largest absolute Gasteiger partial charge is 0.245 e. The van der Waals surface area contributed by atoms with Gasteiger partial charge in [-0.3, -0.25) is 0 Å². The maximum Gasteiger partial charge on any atom is 0.141 e. The van der Waals surface area contributed by atoms with Gasteiger partial charge in [0.25, 0.3) is 0 Å². The van der Waals surface area contributed by atoms with Crippen molar-refractivity contribution in [3.8, 4) is 11.2 Å². The van der Waals surface area contributed by atoms with Gasteiger partial charge in [-0.25, -0.2) is 9.37 Å². The molecule has 0 N–H and O–H groups in total. The molecule has 1 aromatic heterocycles. The van der Waals surface area contributed by atoms with Crippen molar-refractivity contribution in [3.05, 3.63) is 29.8 Å². The summed E-state index contributed by atoms with van der Waals surface area (Å²) in [5, 5.41) is 3.11. The first-order valence-electron chi connectivity index (χ1n) is 3.80. The number of hydrogen-bond acceptors (Lipinski definition) is 1. The van der Waals surface area contributed by atoms with E-state index >= 15 is 0 Å². The van der Waals surface area contributed by atoms with Crippen LogP contribution in [0.3, 0.4) is 0 Å². The maximum atomic E-state index is 12.5. The van der Waals surface area contributed by atoms with Gasteiger partial charge >= 0.3 is 0 Å². The zero-order valence-electron chi connectivity index (χ0n) is 7.97. The summed E-state index contributed by atoms with van der Waals surface area (Å²) in [5.74, 6) is 2.60. The Balaban J connectivity index is 2.85. The normalized spacial score (nSPS) is 11.7. The van der Waals surface area contributed by atoms with Crippen LogP contribution in [0.5, 0.6) is 0 Å². The van der Waals surface area contributed by atoms with Crippen molar-refractivity contribution in [2.45, 2.75) is 0 Å². The molecule has 0 radical (unpaired) electrons. The fourth-order valence-corrected chi connectivity index (χ4v) is 1.07. The standard InChI is InChI=1S/C10H12FNS/c1-13(2,3)7-6-10-5-4-9(11)8-12-10/h4-5,8H,1-3H3. The molecule has 13 heavy (non-hydrogen) atoms. The molecule has 3 heteroatoms. The predicted molar refractivity (Wildman–Crippen MR) is 56.4 cm³/mol. The Morgan fingerprint density at radius 1 is 1.31 bits per heavy atom. The van der Waals surface area contributed by atoms with Gasteiger partial charge in [-0.15, -0.1) is 0 Å². The first-order valence-corrected chi connectivity index (χ1v) is 6.66. The van der Waals surface area contributed by atoms with E-state index in [-0.39, 0.29) is 5.82 Å². The van der Waals surface area contributed by atoms with Crippen LogP contribution in [0.25, 0.3) is 0 Å². The molecule has 0 amide bonds. The molecule has 0 unspecified atom stereocenters. The van der Waals surface area contributed by atoms with Gasteiger partial charge in [0.15, 0.2) is 0 Å².